The molecule has 0 aliphatic heterocycles. The van der Waals surface area contributed by atoms with Crippen molar-refractivity contribution in [3.63, 3.8) is 0 Å². The highest BCUT2D eigenvalue weighted by atomic mass is 28.5. The Hall–Kier alpha value is -4.41. The van der Waals surface area contributed by atoms with Crippen molar-refractivity contribution >= 4 is 37.5 Å². The van der Waals surface area contributed by atoms with Crippen molar-refractivity contribution in [2.75, 3.05) is 14.2 Å². The third-order valence-electron chi connectivity index (χ3n) is 9.65. The van der Waals surface area contributed by atoms with Crippen LogP contribution in [0.25, 0.3) is 0 Å². The SMILES string of the molecule is COc1cc(CCC[Si](C)(C)O[Si](C)(C)O[Si](C)(C)CCCc2ccc(OC(=O)Oc3ccc(C(C)(C)c4ccccc4)cc3)c(OC)c2)ccc1OC(=O)O. The number of hydrogen-bond donors (Lipinski definition) is 1. The molecule has 0 aromatic heterocycles. The predicted octanol–water partition coefficient (Wildman–Crippen LogP) is 11.4. The quantitative estimate of drug-likeness (QED) is 0.0556. The lowest BCUT2D eigenvalue weighted by Gasteiger charge is -2.39. The molecular formula is C43H58O10Si3. The van der Waals surface area contributed by atoms with Gasteiger partial charge >= 0.3 is 20.9 Å². The zero-order valence-corrected chi connectivity index (χ0v) is 37.5. The van der Waals surface area contributed by atoms with Crippen molar-refractivity contribution < 1.29 is 46.6 Å². The summed E-state index contributed by atoms with van der Waals surface area (Å²) in [6.07, 6.45) is 1.30. The standard InChI is InChI=1S/C43H58O10Si3/c1-43(2,34-18-12-11-13-19-34)35-22-24-36(25-23-35)49-42(46)51-38-27-21-33(31-40(38)48-4)17-15-29-55(7,8)53-56(9,10)52-54(5,6)28-14-16-32-20-26-37(50-41(44)45)39(30-32)47-3/h11-13,18-27,30-31H,14-17,28-29H2,1-10H3,(H,44,45). The van der Waals surface area contributed by atoms with Gasteiger partial charge in [0, 0.05) is 5.41 Å². The topological polar surface area (TPSA) is 119 Å². The molecule has 0 fully saturated rings. The maximum Gasteiger partial charge on any atom is 0.519 e. The van der Waals surface area contributed by atoms with E-state index in [4.69, 9.17) is 37.0 Å². The Bertz CT molecular complexity index is 1910. The van der Waals surface area contributed by atoms with Gasteiger partial charge in [0.15, 0.2) is 39.6 Å². The lowest BCUT2D eigenvalue weighted by atomic mass is 9.78. The number of methoxy groups -OCH3 is 2. The minimum Gasteiger partial charge on any atom is -0.493 e. The molecule has 0 spiro atoms. The molecule has 0 amide bonds. The Morgan fingerprint density at radius 2 is 1.05 bits per heavy atom. The summed E-state index contributed by atoms with van der Waals surface area (Å²) in [5, 5.41) is 8.95. The van der Waals surface area contributed by atoms with E-state index < -0.39 is 37.5 Å². The number of hydrogen-bond acceptors (Lipinski definition) is 9. The van der Waals surface area contributed by atoms with E-state index in [9.17, 15) is 9.59 Å². The summed E-state index contributed by atoms with van der Waals surface area (Å²) in [7, 11) is -3.45. The van der Waals surface area contributed by atoms with Gasteiger partial charge < -0.3 is 37.0 Å². The zero-order valence-electron chi connectivity index (χ0n) is 34.5. The fourth-order valence-electron chi connectivity index (χ4n) is 7.06. The zero-order chi connectivity index (χ0) is 41.1. The van der Waals surface area contributed by atoms with Crippen LogP contribution in [0.5, 0.6) is 28.7 Å². The minimum atomic E-state index is -2.41. The van der Waals surface area contributed by atoms with Crippen molar-refractivity contribution in [1.29, 1.82) is 0 Å². The van der Waals surface area contributed by atoms with Crippen molar-refractivity contribution in [2.24, 2.45) is 0 Å². The largest absolute Gasteiger partial charge is 0.519 e. The maximum atomic E-state index is 12.8. The summed E-state index contributed by atoms with van der Waals surface area (Å²) in [5.74, 6) is 1.73. The second kappa shape index (κ2) is 19.2. The number of carboxylic acid groups (broad SMARTS) is 1. The minimum absolute atomic E-state index is 0.183. The smallest absolute Gasteiger partial charge is 0.493 e. The van der Waals surface area contributed by atoms with Gasteiger partial charge in [-0.25, -0.2) is 9.59 Å². The highest BCUT2D eigenvalue weighted by molar-refractivity contribution is 6.87. The molecule has 0 saturated heterocycles. The van der Waals surface area contributed by atoms with Crippen molar-refractivity contribution in [3.05, 3.63) is 113 Å². The lowest BCUT2D eigenvalue weighted by molar-refractivity contribution is 0.142. The van der Waals surface area contributed by atoms with Crippen molar-refractivity contribution in [3.8, 4) is 28.7 Å². The van der Waals surface area contributed by atoms with Crippen LogP contribution in [-0.4, -0.2) is 56.8 Å². The van der Waals surface area contributed by atoms with Gasteiger partial charge in [0.1, 0.15) is 5.75 Å². The summed E-state index contributed by atoms with van der Waals surface area (Å²) < 4.78 is 40.4. The Kier molecular flexibility index (Phi) is 15.2. The van der Waals surface area contributed by atoms with E-state index >= 15 is 0 Å². The van der Waals surface area contributed by atoms with E-state index in [2.05, 4.69) is 65.3 Å². The van der Waals surface area contributed by atoms with Crippen molar-refractivity contribution in [2.45, 2.75) is 96.3 Å². The molecule has 56 heavy (non-hydrogen) atoms. The molecule has 4 aromatic carbocycles. The molecule has 13 heteroatoms. The Morgan fingerprint density at radius 3 is 1.52 bits per heavy atom. The molecular weight excluding hydrogens is 761 g/mol. The number of carbonyl (C=O) groups excluding carboxylic acids is 1. The Morgan fingerprint density at radius 1 is 0.589 bits per heavy atom. The van der Waals surface area contributed by atoms with Gasteiger partial charge in [-0.3, -0.25) is 0 Å². The van der Waals surface area contributed by atoms with Crippen LogP contribution in [0, 0.1) is 0 Å². The molecule has 0 aliphatic rings. The van der Waals surface area contributed by atoms with Gasteiger partial charge in [0.05, 0.1) is 14.2 Å². The molecule has 1 N–H and O–H groups in total. The monoisotopic (exact) mass is 818 g/mol. The molecule has 4 rings (SSSR count). The van der Waals surface area contributed by atoms with Crippen molar-refractivity contribution in [1.82, 2.24) is 0 Å². The fraction of sp³-hybridized carbons (Fsp3) is 0.395. The third-order valence-corrected chi connectivity index (χ3v) is 21.1. The molecule has 0 saturated carbocycles. The van der Waals surface area contributed by atoms with Gasteiger partial charge in [-0.1, -0.05) is 68.4 Å². The first kappa shape index (κ1) is 44.3. The molecule has 0 heterocycles. The van der Waals surface area contributed by atoms with E-state index in [1.807, 2.05) is 54.6 Å². The molecule has 0 aliphatic carbocycles. The normalized spacial score (nSPS) is 12.2. The van der Waals surface area contributed by atoms with Crippen LogP contribution in [0.3, 0.4) is 0 Å². The molecule has 10 nitrogen and oxygen atoms in total. The van der Waals surface area contributed by atoms with Crippen LogP contribution >= 0.6 is 0 Å². The summed E-state index contributed by atoms with van der Waals surface area (Å²) in [4.78, 5) is 23.7. The highest BCUT2D eigenvalue weighted by Gasteiger charge is 2.39. The first-order chi connectivity index (χ1) is 26.3. The Balaban J connectivity index is 1.24. The molecule has 0 atom stereocenters. The van der Waals surface area contributed by atoms with Gasteiger partial charge in [-0.2, -0.15) is 0 Å². The molecule has 0 bridgehead atoms. The average Bonchev–Trinajstić information content (AvgIpc) is 3.12. The van der Waals surface area contributed by atoms with E-state index in [1.165, 1.54) is 12.7 Å². The van der Waals surface area contributed by atoms with Gasteiger partial charge in [0.25, 0.3) is 0 Å². The van der Waals surface area contributed by atoms with Crippen LogP contribution < -0.4 is 23.7 Å². The maximum absolute atomic E-state index is 12.8. The number of ether oxygens (including phenoxy) is 5. The Labute approximate surface area is 335 Å². The van der Waals surface area contributed by atoms with Gasteiger partial charge in [-0.15, -0.1) is 0 Å². The molecule has 4 aromatic rings. The van der Waals surface area contributed by atoms with E-state index in [-0.39, 0.29) is 11.2 Å². The predicted molar refractivity (Wildman–Crippen MR) is 227 cm³/mol. The summed E-state index contributed by atoms with van der Waals surface area (Å²) in [5.41, 5.74) is 4.22. The number of carbonyl (C=O) groups is 2. The van der Waals surface area contributed by atoms with Crippen LogP contribution in [0.4, 0.5) is 9.59 Å². The third kappa shape index (κ3) is 13.4. The van der Waals surface area contributed by atoms with Gasteiger partial charge in [-0.05, 0) is 136 Å². The first-order valence-electron chi connectivity index (χ1n) is 19.0. The summed E-state index contributed by atoms with van der Waals surface area (Å²) >= 11 is 0. The van der Waals surface area contributed by atoms with E-state index in [0.717, 1.165) is 54.5 Å². The molecule has 0 unspecified atom stereocenters. The first-order valence-corrected chi connectivity index (χ1v) is 28.1. The summed E-state index contributed by atoms with van der Waals surface area (Å²) in [6, 6.07) is 30.6. The van der Waals surface area contributed by atoms with E-state index in [1.54, 1.807) is 31.4 Å². The second-order valence-corrected chi connectivity index (χ2v) is 28.6. The number of aryl methyl sites for hydroxylation is 2. The summed E-state index contributed by atoms with van der Waals surface area (Å²) in [6.45, 7) is 17.6. The van der Waals surface area contributed by atoms with Crippen LogP contribution in [-0.2, 0) is 26.5 Å². The van der Waals surface area contributed by atoms with Gasteiger partial charge in [0.2, 0.25) is 0 Å². The molecule has 0 radical (unpaired) electrons. The van der Waals surface area contributed by atoms with Crippen LogP contribution in [0.2, 0.25) is 51.4 Å². The number of benzene rings is 4. The van der Waals surface area contributed by atoms with Crippen LogP contribution in [0.1, 0.15) is 48.9 Å². The van der Waals surface area contributed by atoms with E-state index in [0.29, 0.717) is 23.0 Å². The molecule has 302 valence electrons. The highest BCUT2D eigenvalue weighted by Crippen LogP contribution is 2.34. The van der Waals surface area contributed by atoms with Crippen LogP contribution in [0.15, 0.2) is 91.0 Å². The second-order valence-electron chi connectivity index (χ2n) is 16.1. The fourth-order valence-corrected chi connectivity index (χ4v) is 21.1. The lowest BCUT2D eigenvalue weighted by Crippen LogP contribution is -2.52. The average molecular weight is 819 g/mol. The number of rotatable bonds is 19.